The number of aliphatic hydroxyl groups is 1. The Balaban J connectivity index is 1.81. The maximum Gasteiger partial charge on any atom is 0.141 e. The molecule has 1 aliphatic rings. The molecule has 16 heavy (non-hydrogen) atoms. The van der Waals surface area contributed by atoms with Gasteiger partial charge in [0, 0.05) is 12.2 Å². The SMILES string of the molecule is CC(NCC1CC(O)C1)c1cncc(F)c1. The lowest BCUT2D eigenvalue weighted by atomic mass is 9.82. The number of hydrogen-bond acceptors (Lipinski definition) is 3. The Hall–Kier alpha value is -1.00. The van der Waals surface area contributed by atoms with E-state index >= 15 is 0 Å². The molecule has 0 radical (unpaired) electrons. The highest BCUT2D eigenvalue weighted by Gasteiger charge is 2.26. The predicted octanol–water partition coefficient (Wildman–Crippen LogP) is 1.64. The summed E-state index contributed by atoms with van der Waals surface area (Å²) in [7, 11) is 0. The van der Waals surface area contributed by atoms with Crippen molar-refractivity contribution in [2.75, 3.05) is 6.54 Å². The first-order valence-corrected chi connectivity index (χ1v) is 5.67. The normalized spacial score (nSPS) is 26.2. The highest BCUT2D eigenvalue weighted by molar-refractivity contribution is 5.14. The summed E-state index contributed by atoms with van der Waals surface area (Å²) in [5, 5.41) is 12.5. The summed E-state index contributed by atoms with van der Waals surface area (Å²) in [6, 6.07) is 1.60. The highest BCUT2D eigenvalue weighted by atomic mass is 19.1. The summed E-state index contributed by atoms with van der Waals surface area (Å²) in [5.41, 5.74) is 0.861. The zero-order valence-electron chi connectivity index (χ0n) is 9.36. The van der Waals surface area contributed by atoms with Crippen molar-refractivity contribution < 1.29 is 9.50 Å². The molecular weight excluding hydrogens is 207 g/mol. The van der Waals surface area contributed by atoms with E-state index in [0.717, 1.165) is 24.9 Å². The molecule has 4 heteroatoms. The van der Waals surface area contributed by atoms with Crippen LogP contribution in [-0.2, 0) is 0 Å². The standard InChI is InChI=1S/C12H17FN2O/c1-8(10-4-11(13)7-14-6-10)15-5-9-2-12(16)3-9/h4,6-9,12,15-16H,2-3,5H2,1H3. The molecule has 1 aliphatic carbocycles. The number of halogens is 1. The Morgan fingerprint density at radius 2 is 2.31 bits per heavy atom. The minimum absolute atomic E-state index is 0.0981. The molecule has 1 saturated carbocycles. The van der Waals surface area contributed by atoms with Gasteiger partial charge in [-0.1, -0.05) is 0 Å². The Labute approximate surface area is 94.7 Å². The van der Waals surface area contributed by atoms with E-state index < -0.39 is 0 Å². The number of nitrogens with one attached hydrogen (secondary N) is 1. The Morgan fingerprint density at radius 3 is 2.94 bits per heavy atom. The third-order valence-electron chi connectivity index (χ3n) is 3.15. The molecule has 88 valence electrons. The van der Waals surface area contributed by atoms with E-state index in [2.05, 4.69) is 10.3 Å². The molecule has 1 heterocycles. The second-order valence-corrected chi connectivity index (χ2v) is 4.56. The van der Waals surface area contributed by atoms with Crippen LogP contribution in [0.15, 0.2) is 18.5 Å². The molecule has 1 aromatic rings. The molecule has 2 rings (SSSR count). The van der Waals surface area contributed by atoms with Gasteiger partial charge in [0.25, 0.3) is 0 Å². The first-order valence-electron chi connectivity index (χ1n) is 5.67. The summed E-state index contributed by atoms with van der Waals surface area (Å²) in [6.45, 7) is 2.86. The van der Waals surface area contributed by atoms with Crippen LogP contribution in [0.1, 0.15) is 31.4 Å². The van der Waals surface area contributed by atoms with Crippen molar-refractivity contribution >= 4 is 0 Å². The maximum absolute atomic E-state index is 12.9. The van der Waals surface area contributed by atoms with Gasteiger partial charge in [-0.05, 0) is 43.9 Å². The molecule has 3 nitrogen and oxygen atoms in total. The molecule has 0 amide bonds. The van der Waals surface area contributed by atoms with Crippen molar-refractivity contribution in [3.05, 3.63) is 29.8 Å². The van der Waals surface area contributed by atoms with Gasteiger partial charge in [-0.2, -0.15) is 0 Å². The van der Waals surface area contributed by atoms with Gasteiger partial charge < -0.3 is 10.4 Å². The van der Waals surface area contributed by atoms with E-state index in [-0.39, 0.29) is 18.0 Å². The van der Waals surface area contributed by atoms with E-state index in [4.69, 9.17) is 5.11 Å². The average molecular weight is 224 g/mol. The number of hydrogen-bond donors (Lipinski definition) is 2. The fourth-order valence-electron chi connectivity index (χ4n) is 1.99. The lowest BCUT2D eigenvalue weighted by molar-refractivity contribution is 0.0420. The van der Waals surface area contributed by atoms with Crippen LogP contribution in [-0.4, -0.2) is 22.7 Å². The molecule has 1 aromatic heterocycles. The summed E-state index contributed by atoms with van der Waals surface area (Å²) in [6.07, 6.45) is 4.52. The third-order valence-corrected chi connectivity index (χ3v) is 3.15. The number of rotatable bonds is 4. The van der Waals surface area contributed by atoms with E-state index in [9.17, 15) is 4.39 Å². The van der Waals surface area contributed by atoms with E-state index in [1.165, 1.54) is 12.3 Å². The molecular formula is C12H17FN2O. The number of pyridine rings is 1. The maximum atomic E-state index is 12.9. The average Bonchev–Trinajstić information content (AvgIpc) is 2.22. The third kappa shape index (κ3) is 2.77. The fourth-order valence-corrected chi connectivity index (χ4v) is 1.99. The second kappa shape index (κ2) is 4.89. The van der Waals surface area contributed by atoms with Crippen LogP contribution in [0.2, 0.25) is 0 Å². The second-order valence-electron chi connectivity index (χ2n) is 4.56. The molecule has 0 aromatic carbocycles. The molecule has 0 bridgehead atoms. The zero-order valence-corrected chi connectivity index (χ0v) is 9.36. The molecule has 0 saturated heterocycles. The molecule has 1 fully saturated rings. The van der Waals surface area contributed by atoms with Crippen molar-refractivity contribution in [2.45, 2.75) is 31.9 Å². The van der Waals surface area contributed by atoms with Crippen LogP contribution in [0.25, 0.3) is 0 Å². The van der Waals surface area contributed by atoms with E-state index in [0.29, 0.717) is 5.92 Å². The summed E-state index contributed by atoms with van der Waals surface area (Å²) >= 11 is 0. The van der Waals surface area contributed by atoms with Crippen LogP contribution >= 0.6 is 0 Å². The molecule has 1 atom stereocenters. The summed E-state index contributed by atoms with van der Waals surface area (Å²) < 4.78 is 12.9. The van der Waals surface area contributed by atoms with Gasteiger partial charge in [0.1, 0.15) is 5.82 Å². The van der Waals surface area contributed by atoms with Gasteiger partial charge in [-0.25, -0.2) is 4.39 Å². The lowest BCUT2D eigenvalue weighted by Gasteiger charge is -2.32. The smallest absolute Gasteiger partial charge is 0.141 e. The minimum Gasteiger partial charge on any atom is -0.393 e. The van der Waals surface area contributed by atoms with Crippen LogP contribution in [0.5, 0.6) is 0 Å². The highest BCUT2D eigenvalue weighted by Crippen LogP contribution is 2.27. The molecule has 2 N–H and O–H groups in total. The van der Waals surface area contributed by atoms with Gasteiger partial charge in [0.05, 0.1) is 12.3 Å². The first-order chi connectivity index (χ1) is 7.65. The topological polar surface area (TPSA) is 45.1 Å². The monoisotopic (exact) mass is 224 g/mol. The fraction of sp³-hybridized carbons (Fsp3) is 0.583. The van der Waals surface area contributed by atoms with Crippen LogP contribution in [0.3, 0.4) is 0 Å². The summed E-state index contributed by atoms with van der Waals surface area (Å²) in [4.78, 5) is 3.82. The number of aromatic nitrogens is 1. The Bertz CT molecular complexity index is 353. The minimum atomic E-state index is -0.301. The van der Waals surface area contributed by atoms with Crippen LogP contribution in [0.4, 0.5) is 4.39 Å². The van der Waals surface area contributed by atoms with Gasteiger partial charge in [0.15, 0.2) is 0 Å². The number of aliphatic hydroxyl groups excluding tert-OH is 1. The molecule has 0 aliphatic heterocycles. The number of nitrogens with zero attached hydrogens (tertiary/aromatic N) is 1. The van der Waals surface area contributed by atoms with Crippen molar-refractivity contribution in [1.29, 1.82) is 0 Å². The summed E-state index contributed by atoms with van der Waals surface area (Å²) in [5.74, 6) is 0.254. The lowest BCUT2D eigenvalue weighted by Crippen LogP contribution is -2.37. The van der Waals surface area contributed by atoms with Crippen LogP contribution in [0, 0.1) is 11.7 Å². The quantitative estimate of drug-likeness (QED) is 0.817. The van der Waals surface area contributed by atoms with Gasteiger partial charge in [-0.3, -0.25) is 4.98 Å². The largest absolute Gasteiger partial charge is 0.393 e. The van der Waals surface area contributed by atoms with E-state index in [1.54, 1.807) is 6.20 Å². The predicted molar refractivity (Wildman–Crippen MR) is 59.3 cm³/mol. The van der Waals surface area contributed by atoms with Gasteiger partial charge >= 0.3 is 0 Å². The van der Waals surface area contributed by atoms with Crippen LogP contribution < -0.4 is 5.32 Å². The zero-order chi connectivity index (χ0) is 11.5. The van der Waals surface area contributed by atoms with Crippen molar-refractivity contribution in [1.82, 2.24) is 10.3 Å². The Kier molecular flexibility index (Phi) is 3.51. The van der Waals surface area contributed by atoms with Crippen molar-refractivity contribution in [2.24, 2.45) is 5.92 Å². The Morgan fingerprint density at radius 1 is 1.56 bits per heavy atom. The van der Waals surface area contributed by atoms with Gasteiger partial charge in [-0.15, -0.1) is 0 Å². The van der Waals surface area contributed by atoms with Gasteiger partial charge in [0.2, 0.25) is 0 Å². The molecule has 1 unspecified atom stereocenters. The van der Waals surface area contributed by atoms with Crippen molar-refractivity contribution in [3.8, 4) is 0 Å². The van der Waals surface area contributed by atoms with E-state index in [1.807, 2.05) is 6.92 Å². The van der Waals surface area contributed by atoms with Crippen molar-refractivity contribution in [3.63, 3.8) is 0 Å². The molecule has 0 spiro atoms. The first kappa shape index (κ1) is 11.5.